The first-order valence-electron chi connectivity index (χ1n) is 12.9. The molecule has 2 amide bonds. The van der Waals surface area contributed by atoms with Crippen molar-refractivity contribution >= 4 is 63.3 Å². The molecule has 1 saturated heterocycles. The number of aromatic nitrogens is 1. The molecule has 4 rings (SSSR count). The second kappa shape index (κ2) is 11.3. The third kappa shape index (κ3) is 5.88. The number of β-lactam (4-membered cyclic amide) rings is 1. The van der Waals surface area contributed by atoms with Crippen LogP contribution in [0.25, 0.3) is 5.57 Å². The Labute approximate surface area is 258 Å². The summed E-state index contributed by atoms with van der Waals surface area (Å²) in [6.45, 7) is 9.17. The van der Waals surface area contributed by atoms with Gasteiger partial charge in [0.15, 0.2) is 28.2 Å². The number of phenols is 2. The molecular formula is C27H30FN5O9S2. The average Bonchev–Trinajstić information content (AvgIpc) is 3.35. The standard InChI is InChI=1S/C27H30FN5O9S2/c1-25(2,3)41-23(40)26(4,5)42-32-16(13-10-44-24(29)30-13)19(36)31-27(6)21(39)33-17(20(37)38)12(9-43-22(27)33)11-7-8-14(34)18(35)15(11)28/h7-8,10,22,34-35H,9H2,1-6H3,(H2,29,30)(H,31,36)(H,37,38)/t22-,27?/m0/s1. The Morgan fingerprint density at radius 3 is 2.45 bits per heavy atom. The van der Waals surface area contributed by atoms with E-state index in [-0.39, 0.29) is 27.7 Å². The first kappa shape index (κ1) is 32.5. The molecule has 2 atom stereocenters. The summed E-state index contributed by atoms with van der Waals surface area (Å²) in [6, 6.07) is 2.09. The second-order valence-corrected chi connectivity index (χ2v) is 13.5. The number of amides is 2. The van der Waals surface area contributed by atoms with Crippen molar-refractivity contribution < 1.29 is 48.5 Å². The van der Waals surface area contributed by atoms with Gasteiger partial charge in [0.05, 0.1) is 0 Å². The van der Waals surface area contributed by atoms with Crippen LogP contribution in [0.5, 0.6) is 11.5 Å². The maximum absolute atomic E-state index is 14.8. The number of oxime groups is 1. The van der Waals surface area contributed by atoms with Gasteiger partial charge in [0.25, 0.3) is 11.8 Å². The fourth-order valence-electron chi connectivity index (χ4n) is 4.32. The Morgan fingerprint density at radius 2 is 1.89 bits per heavy atom. The lowest BCUT2D eigenvalue weighted by atomic mass is 9.87. The number of carbonyl (C=O) groups excluding carboxylic acids is 3. The Kier molecular flexibility index (Phi) is 8.34. The van der Waals surface area contributed by atoms with Crippen LogP contribution < -0.4 is 11.1 Å². The van der Waals surface area contributed by atoms with E-state index >= 15 is 0 Å². The van der Waals surface area contributed by atoms with E-state index in [1.54, 1.807) is 20.8 Å². The van der Waals surface area contributed by atoms with Crippen LogP contribution in [0.1, 0.15) is 52.8 Å². The van der Waals surface area contributed by atoms with E-state index < -0.39 is 74.6 Å². The quantitative estimate of drug-likeness (QED) is 0.0915. The van der Waals surface area contributed by atoms with Gasteiger partial charge in [0, 0.05) is 22.3 Å². The van der Waals surface area contributed by atoms with Gasteiger partial charge in [-0.05, 0) is 53.7 Å². The number of ether oxygens (including phenoxy) is 1. The minimum Gasteiger partial charge on any atom is -0.504 e. The number of benzene rings is 1. The number of phenolic OH excluding ortho intramolecular Hbond substituents is 2. The molecule has 17 heteroatoms. The Balaban J connectivity index is 1.64. The SMILES string of the molecule is CC(C)(C)OC(=O)C(C)(C)ON=C(C(=O)NC1(C)C(=O)N2C(C(=O)O)=C(c3ccc(O)c(O)c3F)CS[C@H]21)c1csc(N)n1. The number of halogens is 1. The number of hydrogen-bond acceptors (Lipinski definition) is 13. The Morgan fingerprint density at radius 1 is 1.23 bits per heavy atom. The van der Waals surface area contributed by atoms with Gasteiger partial charge in [-0.25, -0.2) is 19.0 Å². The van der Waals surface area contributed by atoms with Crippen LogP contribution in [0.3, 0.4) is 0 Å². The lowest BCUT2D eigenvalue weighted by Crippen LogP contribution is -2.78. The number of hydrogen-bond donors (Lipinski definition) is 5. The normalized spacial score (nSPS) is 20.5. The molecule has 1 unspecified atom stereocenters. The predicted molar refractivity (Wildman–Crippen MR) is 158 cm³/mol. The summed E-state index contributed by atoms with van der Waals surface area (Å²) < 4.78 is 20.2. The van der Waals surface area contributed by atoms with E-state index in [4.69, 9.17) is 15.3 Å². The molecule has 0 saturated carbocycles. The first-order valence-corrected chi connectivity index (χ1v) is 14.9. The molecule has 1 aromatic heterocycles. The van der Waals surface area contributed by atoms with Crippen LogP contribution in [0.2, 0.25) is 0 Å². The molecule has 2 aliphatic heterocycles. The number of anilines is 1. The highest BCUT2D eigenvalue weighted by molar-refractivity contribution is 8.00. The molecule has 0 spiro atoms. The van der Waals surface area contributed by atoms with Crippen molar-refractivity contribution in [2.24, 2.45) is 5.16 Å². The van der Waals surface area contributed by atoms with Crippen LogP contribution in [0.15, 0.2) is 28.4 Å². The topological polar surface area (TPSA) is 214 Å². The maximum atomic E-state index is 14.8. The minimum atomic E-state index is -1.66. The Bertz CT molecular complexity index is 1630. The number of carboxylic acids is 1. The van der Waals surface area contributed by atoms with E-state index in [0.717, 1.165) is 40.1 Å². The van der Waals surface area contributed by atoms with Crippen molar-refractivity contribution in [3.05, 3.63) is 40.3 Å². The fraction of sp³-hybridized carbons (Fsp3) is 0.407. The van der Waals surface area contributed by atoms with Gasteiger partial charge in [-0.15, -0.1) is 23.1 Å². The summed E-state index contributed by atoms with van der Waals surface area (Å²) in [4.78, 5) is 62.5. The molecule has 0 radical (unpaired) electrons. The van der Waals surface area contributed by atoms with E-state index in [2.05, 4.69) is 15.5 Å². The van der Waals surface area contributed by atoms with Crippen LogP contribution in [-0.2, 0) is 28.8 Å². The van der Waals surface area contributed by atoms with Crippen LogP contribution >= 0.6 is 23.1 Å². The van der Waals surface area contributed by atoms with Crippen molar-refractivity contribution in [1.29, 1.82) is 0 Å². The van der Waals surface area contributed by atoms with E-state index in [0.29, 0.717) is 0 Å². The van der Waals surface area contributed by atoms with Crippen molar-refractivity contribution in [3.63, 3.8) is 0 Å². The zero-order valence-electron chi connectivity index (χ0n) is 24.4. The number of carboxylic acid groups (broad SMARTS) is 1. The summed E-state index contributed by atoms with van der Waals surface area (Å²) >= 11 is 2.04. The molecular weight excluding hydrogens is 621 g/mol. The minimum absolute atomic E-state index is 0.00969. The number of esters is 1. The van der Waals surface area contributed by atoms with Gasteiger partial charge < -0.3 is 35.9 Å². The van der Waals surface area contributed by atoms with Crippen molar-refractivity contribution in [2.45, 2.75) is 63.7 Å². The highest BCUT2D eigenvalue weighted by Gasteiger charge is 2.63. The number of nitrogens with zero attached hydrogens (tertiary/aromatic N) is 3. The summed E-state index contributed by atoms with van der Waals surface area (Å²) in [5.41, 5.74) is 0.236. The predicted octanol–water partition coefficient (Wildman–Crippen LogP) is 2.40. The molecule has 2 aromatic rings. The average molecular weight is 652 g/mol. The molecule has 3 heterocycles. The number of nitrogens with one attached hydrogen (secondary N) is 1. The van der Waals surface area contributed by atoms with Gasteiger partial charge >= 0.3 is 11.9 Å². The molecule has 1 aromatic carbocycles. The number of nitrogens with two attached hydrogens (primary N) is 1. The molecule has 0 bridgehead atoms. The number of rotatable bonds is 8. The Hall–Kier alpha value is -4.38. The number of aliphatic carboxylic acids is 1. The number of thiazole rings is 1. The smallest absolute Gasteiger partial charge is 0.353 e. The van der Waals surface area contributed by atoms with Crippen molar-refractivity contribution in [2.75, 3.05) is 11.5 Å². The van der Waals surface area contributed by atoms with E-state index in [1.807, 2.05) is 0 Å². The summed E-state index contributed by atoms with van der Waals surface area (Å²) in [5.74, 6) is -7.25. The van der Waals surface area contributed by atoms with E-state index in [1.165, 1.54) is 26.2 Å². The zero-order valence-corrected chi connectivity index (χ0v) is 26.1. The third-order valence-electron chi connectivity index (χ3n) is 6.53. The number of thioether (sulfide) groups is 1. The monoisotopic (exact) mass is 651 g/mol. The van der Waals surface area contributed by atoms with Crippen molar-refractivity contribution in [3.8, 4) is 11.5 Å². The molecule has 6 N–H and O–H groups in total. The van der Waals surface area contributed by atoms with Gasteiger partial charge in [-0.3, -0.25) is 14.5 Å². The molecule has 236 valence electrons. The highest BCUT2D eigenvalue weighted by Crippen LogP contribution is 2.49. The second-order valence-electron chi connectivity index (χ2n) is 11.5. The number of fused-ring (bicyclic) bond motifs is 1. The molecule has 0 aliphatic carbocycles. The van der Waals surface area contributed by atoms with Gasteiger partial charge in [-0.2, -0.15) is 0 Å². The fourth-order valence-corrected chi connectivity index (χ4v) is 6.33. The van der Waals surface area contributed by atoms with Crippen LogP contribution in [0, 0.1) is 5.82 Å². The van der Waals surface area contributed by atoms with Gasteiger partial charge in [-0.1, -0.05) is 5.16 Å². The van der Waals surface area contributed by atoms with Crippen molar-refractivity contribution in [1.82, 2.24) is 15.2 Å². The van der Waals surface area contributed by atoms with E-state index in [9.17, 15) is 38.9 Å². The third-order valence-corrected chi connectivity index (χ3v) is 8.66. The lowest BCUT2D eigenvalue weighted by Gasteiger charge is -2.55. The molecule has 1 fully saturated rings. The lowest BCUT2D eigenvalue weighted by molar-refractivity contribution is -0.179. The molecule has 44 heavy (non-hydrogen) atoms. The summed E-state index contributed by atoms with van der Waals surface area (Å²) in [7, 11) is 0. The highest BCUT2D eigenvalue weighted by atomic mass is 32.2. The summed E-state index contributed by atoms with van der Waals surface area (Å²) in [5, 5.41) is 36.5. The number of aromatic hydroxyl groups is 2. The van der Waals surface area contributed by atoms with Crippen LogP contribution in [-0.4, -0.2) is 82.5 Å². The molecule has 2 aliphatic rings. The largest absolute Gasteiger partial charge is 0.504 e. The number of nitrogen functional groups attached to an aromatic ring is 1. The van der Waals surface area contributed by atoms with Gasteiger partial charge in [0.2, 0.25) is 5.60 Å². The maximum Gasteiger partial charge on any atom is 0.353 e. The molecule has 14 nitrogen and oxygen atoms in total. The van der Waals surface area contributed by atoms with Gasteiger partial charge in [0.1, 0.15) is 27.9 Å². The van der Waals surface area contributed by atoms with Crippen LogP contribution in [0.4, 0.5) is 9.52 Å². The summed E-state index contributed by atoms with van der Waals surface area (Å²) in [6.07, 6.45) is 0. The zero-order chi connectivity index (χ0) is 32.9. The number of carbonyl (C=O) groups is 4. The first-order chi connectivity index (χ1) is 20.3.